The number of nitrogens with zero attached hydrogens (tertiary/aromatic N) is 2. The number of fused-ring (bicyclic) bond motifs is 1. The van der Waals surface area contributed by atoms with E-state index in [1.165, 1.54) is 4.57 Å². The quantitative estimate of drug-likeness (QED) is 0.280. The molecule has 4 aromatic rings. The Bertz CT molecular complexity index is 1450. The van der Waals surface area contributed by atoms with Crippen molar-refractivity contribution < 1.29 is 9.53 Å². The average Bonchev–Trinajstić information content (AvgIpc) is 3.30. The molecule has 0 saturated carbocycles. The van der Waals surface area contributed by atoms with Crippen LogP contribution in [0.15, 0.2) is 64.2 Å². The van der Waals surface area contributed by atoms with Crippen LogP contribution in [0.25, 0.3) is 22.3 Å². The molecule has 0 saturated heterocycles. The zero-order valence-corrected chi connectivity index (χ0v) is 21.8. The summed E-state index contributed by atoms with van der Waals surface area (Å²) >= 11 is 2.21. The molecule has 1 amide bonds. The van der Waals surface area contributed by atoms with E-state index in [0.717, 1.165) is 21.2 Å². The Balaban J connectivity index is 1.52. The second kappa shape index (κ2) is 10.9. The monoisotopic (exact) mass is 586 g/mol. The van der Waals surface area contributed by atoms with Gasteiger partial charge in [-0.05, 0) is 95.6 Å². The second-order valence-electron chi connectivity index (χ2n) is 8.20. The molecule has 2 aromatic heterocycles. The van der Waals surface area contributed by atoms with E-state index in [2.05, 4.69) is 32.9 Å². The third-order valence-electron chi connectivity index (χ3n) is 5.57. The SMILES string of the molecule is CCCn1c(=O)c2[nH]c(-c3ccc(OCC(=O)Nc4ccc(I)cc4)cc3)cc2n(CCC)c1=O. The van der Waals surface area contributed by atoms with Crippen LogP contribution in [0.1, 0.15) is 26.7 Å². The summed E-state index contributed by atoms with van der Waals surface area (Å²) in [5.41, 5.74) is 2.75. The van der Waals surface area contributed by atoms with Gasteiger partial charge in [0, 0.05) is 28.0 Å². The molecular formula is C26H27IN4O4. The van der Waals surface area contributed by atoms with Crippen LogP contribution in [0.2, 0.25) is 0 Å². The van der Waals surface area contributed by atoms with Gasteiger partial charge in [-0.15, -0.1) is 0 Å². The lowest BCUT2D eigenvalue weighted by atomic mass is 10.1. The van der Waals surface area contributed by atoms with E-state index in [-0.39, 0.29) is 23.8 Å². The van der Waals surface area contributed by atoms with E-state index in [4.69, 9.17) is 4.74 Å². The maximum absolute atomic E-state index is 13.0. The number of carbonyl (C=O) groups is 1. The molecule has 0 aliphatic rings. The van der Waals surface area contributed by atoms with Crippen LogP contribution in [0.5, 0.6) is 5.75 Å². The van der Waals surface area contributed by atoms with Gasteiger partial charge in [0.1, 0.15) is 11.3 Å². The highest BCUT2D eigenvalue weighted by Gasteiger charge is 2.16. The molecule has 4 rings (SSSR count). The van der Waals surface area contributed by atoms with Crippen LogP contribution in [0.4, 0.5) is 5.69 Å². The molecule has 35 heavy (non-hydrogen) atoms. The molecule has 0 aliphatic heterocycles. The number of carbonyl (C=O) groups excluding carboxylic acids is 1. The van der Waals surface area contributed by atoms with E-state index < -0.39 is 0 Å². The highest BCUT2D eigenvalue weighted by atomic mass is 127. The summed E-state index contributed by atoms with van der Waals surface area (Å²) in [5, 5.41) is 2.80. The number of hydrogen-bond donors (Lipinski definition) is 2. The number of benzene rings is 2. The number of halogens is 1. The molecule has 182 valence electrons. The van der Waals surface area contributed by atoms with Gasteiger partial charge in [0.05, 0.1) is 5.52 Å². The summed E-state index contributed by atoms with van der Waals surface area (Å²) in [4.78, 5) is 41.2. The molecule has 0 fully saturated rings. The molecule has 0 spiro atoms. The maximum Gasteiger partial charge on any atom is 0.331 e. The zero-order chi connectivity index (χ0) is 24.9. The van der Waals surface area contributed by atoms with E-state index in [0.29, 0.717) is 42.0 Å². The summed E-state index contributed by atoms with van der Waals surface area (Å²) < 4.78 is 9.67. The van der Waals surface area contributed by atoms with Crippen molar-refractivity contribution in [3.63, 3.8) is 0 Å². The van der Waals surface area contributed by atoms with Crippen LogP contribution in [-0.2, 0) is 17.9 Å². The third-order valence-corrected chi connectivity index (χ3v) is 6.29. The molecule has 0 atom stereocenters. The maximum atomic E-state index is 13.0. The number of hydrogen-bond acceptors (Lipinski definition) is 4. The Hall–Kier alpha value is -3.34. The van der Waals surface area contributed by atoms with Crippen molar-refractivity contribution in [2.24, 2.45) is 0 Å². The normalized spacial score (nSPS) is 11.1. The number of aryl methyl sites for hydroxylation is 1. The van der Waals surface area contributed by atoms with E-state index in [1.807, 2.05) is 56.3 Å². The largest absolute Gasteiger partial charge is 0.484 e. The minimum absolute atomic E-state index is 0.113. The molecule has 2 heterocycles. The summed E-state index contributed by atoms with van der Waals surface area (Å²) in [7, 11) is 0. The average molecular weight is 586 g/mol. The number of H-pyrrole nitrogens is 1. The minimum Gasteiger partial charge on any atom is -0.484 e. The van der Waals surface area contributed by atoms with Gasteiger partial charge in [0.2, 0.25) is 0 Å². The lowest BCUT2D eigenvalue weighted by Crippen LogP contribution is -2.39. The van der Waals surface area contributed by atoms with Gasteiger partial charge in [-0.2, -0.15) is 0 Å². The Labute approximate surface area is 216 Å². The van der Waals surface area contributed by atoms with Crippen LogP contribution >= 0.6 is 22.6 Å². The Morgan fingerprint density at radius 2 is 1.63 bits per heavy atom. The molecule has 2 aromatic carbocycles. The number of aromatic nitrogens is 3. The highest BCUT2D eigenvalue weighted by Crippen LogP contribution is 2.24. The zero-order valence-electron chi connectivity index (χ0n) is 19.6. The van der Waals surface area contributed by atoms with Crippen molar-refractivity contribution in [2.75, 3.05) is 11.9 Å². The molecule has 0 radical (unpaired) electrons. The number of anilines is 1. The Morgan fingerprint density at radius 1 is 0.971 bits per heavy atom. The first-order chi connectivity index (χ1) is 16.9. The summed E-state index contributed by atoms with van der Waals surface area (Å²) in [6, 6.07) is 16.6. The van der Waals surface area contributed by atoms with Gasteiger partial charge in [-0.1, -0.05) is 13.8 Å². The van der Waals surface area contributed by atoms with E-state index >= 15 is 0 Å². The predicted molar refractivity (Wildman–Crippen MR) is 146 cm³/mol. The number of ether oxygens (including phenoxy) is 1. The summed E-state index contributed by atoms with van der Waals surface area (Å²) in [6.07, 6.45) is 1.48. The first-order valence-corrected chi connectivity index (χ1v) is 12.6. The van der Waals surface area contributed by atoms with E-state index in [1.54, 1.807) is 16.7 Å². The fourth-order valence-corrected chi connectivity index (χ4v) is 4.28. The van der Waals surface area contributed by atoms with Gasteiger partial charge < -0.3 is 15.0 Å². The minimum atomic E-state index is -0.301. The highest BCUT2D eigenvalue weighted by molar-refractivity contribution is 14.1. The fraction of sp³-hybridized carbons (Fsp3) is 0.269. The summed E-state index contributed by atoms with van der Waals surface area (Å²) in [6.45, 7) is 4.75. The lowest BCUT2D eigenvalue weighted by Gasteiger charge is -2.10. The van der Waals surface area contributed by atoms with Gasteiger partial charge >= 0.3 is 5.69 Å². The van der Waals surface area contributed by atoms with Crippen LogP contribution in [0.3, 0.4) is 0 Å². The molecule has 9 heteroatoms. The first kappa shape index (κ1) is 24.8. The van der Waals surface area contributed by atoms with Crippen LogP contribution < -0.4 is 21.3 Å². The molecule has 0 aliphatic carbocycles. The topological polar surface area (TPSA) is 98.1 Å². The third kappa shape index (κ3) is 5.50. The van der Waals surface area contributed by atoms with Gasteiger partial charge in [0.15, 0.2) is 6.61 Å². The second-order valence-corrected chi connectivity index (χ2v) is 9.45. The summed E-state index contributed by atoms with van der Waals surface area (Å²) in [5.74, 6) is 0.305. The van der Waals surface area contributed by atoms with Gasteiger partial charge in [0.25, 0.3) is 11.5 Å². The molecule has 0 unspecified atom stereocenters. The van der Waals surface area contributed by atoms with E-state index in [9.17, 15) is 14.4 Å². The number of rotatable bonds is 9. The van der Waals surface area contributed by atoms with Crippen molar-refractivity contribution in [3.05, 3.63) is 79.0 Å². The molecule has 8 nitrogen and oxygen atoms in total. The molecule has 2 N–H and O–H groups in total. The standard InChI is InChI=1S/C26H27IN4O4/c1-3-13-30-22-15-21(29-24(22)25(33)31(14-4-2)26(30)34)17-5-11-20(12-6-17)35-16-23(32)28-19-9-7-18(27)8-10-19/h5-12,15,29H,3-4,13-14,16H2,1-2H3,(H,28,32). The van der Waals surface area contributed by atoms with Gasteiger partial charge in [-0.25, -0.2) is 4.79 Å². The number of amides is 1. The Kier molecular flexibility index (Phi) is 7.74. The Morgan fingerprint density at radius 3 is 2.29 bits per heavy atom. The van der Waals surface area contributed by atoms with Crippen molar-refractivity contribution in [1.82, 2.24) is 14.1 Å². The van der Waals surface area contributed by atoms with Crippen LogP contribution in [0, 0.1) is 3.57 Å². The predicted octanol–water partition coefficient (Wildman–Crippen LogP) is 4.60. The molecule has 0 bridgehead atoms. The fourth-order valence-electron chi connectivity index (χ4n) is 3.92. The number of nitrogens with one attached hydrogen (secondary N) is 2. The van der Waals surface area contributed by atoms with Crippen molar-refractivity contribution in [2.45, 2.75) is 39.8 Å². The van der Waals surface area contributed by atoms with Crippen molar-refractivity contribution >= 4 is 45.2 Å². The van der Waals surface area contributed by atoms with Gasteiger partial charge in [-0.3, -0.25) is 18.7 Å². The van der Waals surface area contributed by atoms with Crippen LogP contribution in [-0.4, -0.2) is 26.6 Å². The number of aromatic amines is 1. The first-order valence-electron chi connectivity index (χ1n) is 11.6. The van der Waals surface area contributed by atoms with Crippen molar-refractivity contribution in [1.29, 1.82) is 0 Å². The smallest absolute Gasteiger partial charge is 0.331 e. The molecular weight excluding hydrogens is 559 g/mol. The lowest BCUT2D eigenvalue weighted by molar-refractivity contribution is -0.118. The van der Waals surface area contributed by atoms with Crippen molar-refractivity contribution in [3.8, 4) is 17.0 Å².